The number of esters is 1. The van der Waals surface area contributed by atoms with Crippen LogP contribution < -0.4 is 5.32 Å². The monoisotopic (exact) mass is 282 g/mol. The number of benzene rings is 1. The lowest BCUT2D eigenvalue weighted by Gasteiger charge is -2.17. The minimum absolute atomic E-state index is 0.0179. The van der Waals surface area contributed by atoms with Crippen molar-refractivity contribution in [3.05, 3.63) is 33.9 Å². The summed E-state index contributed by atoms with van der Waals surface area (Å²) in [7, 11) is 1.25. The van der Waals surface area contributed by atoms with Crippen LogP contribution in [0.1, 0.15) is 30.1 Å². The lowest BCUT2D eigenvalue weighted by molar-refractivity contribution is -0.384. The van der Waals surface area contributed by atoms with Crippen molar-refractivity contribution in [1.82, 2.24) is 0 Å². The Labute approximate surface area is 116 Å². The minimum Gasteiger partial charge on any atom is -0.465 e. The number of hydrogen-bond acceptors (Lipinski definition) is 6. The summed E-state index contributed by atoms with van der Waals surface area (Å²) in [4.78, 5) is 21.9. The van der Waals surface area contributed by atoms with Gasteiger partial charge in [-0.2, -0.15) is 0 Å². The second kappa shape index (κ2) is 7.44. The summed E-state index contributed by atoms with van der Waals surface area (Å²) in [6.07, 6.45) is 1.16. The molecule has 0 fully saturated rings. The molecule has 0 aliphatic carbocycles. The number of carbonyl (C=O) groups excluding carboxylic acids is 1. The van der Waals surface area contributed by atoms with Gasteiger partial charge in [0, 0.05) is 18.7 Å². The zero-order valence-corrected chi connectivity index (χ0v) is 11.5. The standard InChI is InChI=1S/C13H18N2O5/c1-3-10(6-7-16)14-11-8-9(13(17)20-2)4-5-12(11)15(18)19/h4-5,8,10,14,16H,3,6-7H2,1-2H3. The molecule has 0 saturated carbocycles. The van der Waals surface area contributed by atoms with Gasteiger partial charge in [0.1, 0.15) is 5.69 Å². The lowest BCUT2D eigenvalue weighted by Crippen LogP contribution is -2.20. The molecule has 1 unspecified atom stereocenters. The topological polar surface area (TPSA) is 102 Å². The van der Waals surface area contributed by atoms with Gasteiger partial charge in [0.05, 0.1) is 17.6 Å². The average Bonchev–Trinajstić information content (AvgIpc) is 2.45. The third kappa shape index (κ3) is 3.92. The summed E-state index contributed by atoms with van der Waals surface area (Å²) in [6.45, 7) is 1.89. The van der Waals surface area contributed by atoms with Crippen molar-refractivity contribution in [3.63, 3.8) is 0 Å². The quantitative estimate of drug-likeness (QED) is 0.450. The number of methoxy groups -OCH3 is 1. The number of rotatable bonds is 7. The van der Waals surface area contributed by atoms with E-state index in [2.05, 4.69) is 10.1 Å². The van der Waals surface area contributed by atoms with Gasteiger partial charge in [-0.25, -0.2) is 4.79 Å². The lowest BCUT2D eigenvalue weighted by atomic mass is 10.1. The molecule has 1 rings (SSSR count). The molecular weight excluding hydrogens is 264 g/mol. The predicted molar refractivity (Wildman–Crippen MR) is 73.8 cm³/mol. The number of nitrogens with zero attached hydrogens (tertiary/aromatic N) is 1. The summed E-state index contributed by atoms with van der Waals surface area (Å²) in [6, 6.07) is 3.90. The number of aliphatic hydroxyl groups is 1. The zero-order chi connectivity index (χ0) is 15.1. The van der Waals surface area contributed by atoms with E-state index >= 15 is 0 Å². The molecule has 1 atom stereocenters. The molecule has 7 heteroatoms. The fourth-order valence-corrected chi connectivity index (χ4v) is 1.81. The van der Waals surface area contributed by atoms with Crippen molar-refractivity contribution in [2.45, 2.75) is 25.8 Å². The van der Waals surface area contributed by atoms with Crippen LogP contribution in [0.15, 0.2) is 18.2 Å². The van der Waals surface area contributed by atoms with Crippen molar-refractivity contribution in [1.29, 1.82) is 0 Å². The third-order valence-corrected chi connectivity index (χ3v) is 2.94. The van der Waals surface area contributed by atoms with Crippen LogP contribution in [0.4, 0.5) is 11.4 Å². The Morgan fingerprint density at radius 1 is 1.55 bits per heavy atom. The summed E-state index contributed by atoms with van der Waals surface area (Å²) in [5, 5.41) is 22.9. The highest BCUT2D eigenvalue weighted by atomic mass is 16.6. The number of anilines is 1. The van der Waals surface area contributed by atoms with Crippen molar-refractivity contribution in [2.24, 2.45) is 0 Å². The van der Waals surface area contributed by atoms with Gasteiger partial charge in [0.2, 0.25) is 0 Å². The molecule has 0 amide bonds. The third-order valence-electron chi connectivity index (χ3n) is 2.94. The summed E-state index contributed by atoms with van der Waals surface area (Å²) in [5.41, 5.74) is 0.367. The van der Waals surface area contributed by atoms with E-state index in [9.17, 15) is 14.9 Å². The summed E-state index contributed by atoms with van der Waals surface area (Å²) < 4.78 is 4.59. The SMILES string of the molecule is CCC(CCO)Nc1cc(C(=O)OC)ccc1[N+](=O)[O-]. The molecule has 20 heavy (non-hydrogen) atoms. The minimum atomic E-state index is -0.557. The number of nitro groups is 1. The van der Waals surface area contributed by atoms with E-state index in [4.69, 9.17) is 5.11 Å². The van der Waals surface area contributed by atoms with Crippen molar-refractivity contribution in [2.75, 3.05) is 19.0 Å². The summed E-state index contributed by atoms with van der Waals surface area (Å²) in [5.74, 6) is -0.557. The van der Waals surface area contributed by atoms with Crippen LogP contribution in [0.5, 0.6) is 0 Å². The van der Waals surface area contributed by atoms with Gasteiger partial charge < -0.3 is 15.2 Å². The number of hydrogen-bond donors (Lipinski definition) is 2. The first-order valence-corrected chi connectivity index (χ1v) is 6.27. The molecule has 110 valence electrons. The maximum atomic E-state index is 11.5. The highest BCUT2D eigenvalue weighted by Crippen LogP contribution is 2.27. The van der Waals surface area contributed by atoms with Crippen LogP contribution in [0.25, 0.3) is 0 Å². The molecule has 0 spiro atoms. The van der Waals surface area contributed by atoms with E-state index in [1.165, 1.54) is 25.3 Å². The van der Waals surface area contributed by atoms with Gasteiger partial charge >= 0.3 is 5.97 Å². The Bertz CT molecular complexity index is 490. The number of carbonyl (C=O) groups is 1. The van der Waals surface area contributed by atoms with Crippen LogP contribution in [0.2, 0.25) is 0 Å². The Morgan fingerprint density at radius 3 is 2.75 bits per heavy atom. The van der Waals surface area contributed by atoms with E-state index in [-0.39, 0.29) is 29.6 Å². The fourth-order valence-electron chi connectivity index (χ4n) is 1.81. The molecule has 0 saturated heterocycles. The average molecular weight is 282 g/mol. The number of aliphatic hydroxyl groups excluding tert-OH is 1. The van der Waals surface area contributed by atoms with E-state index in [1.54, 1.807) is 0 Å². The first-order valence-electron chi connectivity index (χ1n) is 6.27. The first kappa shape index (κ1) is 15.9. The van der Waals surface area contributed by atoms with Gasteiger partial charge in [-0.3, -0.25) is 10.1 Å². The fraction of sp³-hybridized carbons (Fsp3) is 0.462. The van der Waals surface area contributed by atoms with Crippen LogP contribution in [0, 0.1) is 10.1 Å². The molecule has 0 bridgehead atoms. The van der Waals surface area contributed by atoms with E-state index < -0.39 is 10.9 Å². The second-order valence-electron chi connectivity index (χ2n) is 4.24. The van der Waals surface area contributed by atoms with Crippen LogP contribution in [-0.2, 0) is 4.74 Å². The summed E-state index contributed by atoms with van der Waals surface area (Å²) >= 11 is 0. The smallest absolute Gasteiger partial charge is 0.337 e. The molecule has 0 heterocycles. The number of nitro benzene ring substituents is 1. The van der Waals surface area contributed by atoms with Gasteiger partial charge in [-0.1, -0.05) is 6.92 Å². The Balaban J connectivity index is 3.11. The van der Waals surface area contributed by atoms with Crippen molar-refractivity contribution in [3.8, 4) is 0 Å². The van der Waals surface area contributed by atoms with Gasteiger partial charge in [-0.15, -0.1) is 0 Å². The largest absolute Gasteiger partial charge is 0.465 e. The molecule has 1 aromatic carbocycles. The molecule has 1 aromatic rings. The normalized spacial score (nSPS) is 11.8. The Hall–Kier alpha value is -2.15. The van der Waals surface area contributed by atoms with E-state index in [0.29, 0.717) is 12.8 Å². The molecule has 0 aromatic heterocycles. The van der Waals surface area contributed by atoms with Crippen LogP contribution >= 0.6 is 0 Å². The van der Waals surface area contributed by atoms with Gasteiger partial charge in [0.25, 0.3) is 5.69 Å². The Kier molecular flexibility index (Phi) is 5.92. The molecule has 0 aliphatic heterocycles. The predicted octanol–water partition coefficient (Wildman–Crippen LogP) is 1.95. The van der Waals surface area contributed by atoms with Crippen LogP contribution in [-0.4, -0.2) is 35.8 Å². The van der Waals surface area contributed by atoms with E-state index in [0.717, 1.165) is 0 Å². The molecular formula is C13H18N2O5. The van der Waals surface area contributed by atoms with Gasteiger partial charge in [-0.05, 0) is 25.0 Å². The first-order chi connectivity index (χ1) is 9.53. The second-order valence-corrected chi connectivity index (χ2v) is 4.24. The number of nitrogens with one attached hydrogen (secondary N) is 1. The van der Waals surface area contributed by atoms with Crippen molar-refractivity contribution >= 4 is 17.3 Å². The highest BCUT2D eigenvalue weighted by Gasteiger charge is 2.19. The zero-order valence-electron chi connectivity index (χ0n) is 11.5. The molecule has 7 nitrogen and oxygen atoms in total. The molecule has 0 radical (unpaired) electrons. The van der Waals surface area contributed by atoms with Crippen molar-refractivity contribution < 1.29 is 19.6 Å². The molecule has 2 N–H and O–H groups in total. The van der Waals surface area contributed by atoms with Crippen LogP contribution in [0.3, 0.4) is 0 Å². The van der Waals surface area contributed by atoms with Gasteiger partial charge in [0.15, 0.2) is 0 Å². The maximum absolute atomic E-state index is 11.5. The Morgan fingerprint density at radius 2 is 2.25 bits per heavy atom. The highest BCUT2D eigenvalue weighted by molar-refractivity contribution is 5.91. The molecule has 0 aliphatic rings. The maximum Gasteiger partial charge on any atom is 0.337 e. The number of ether oxygens (including phenoxy) is 1. The van der Waals surface area contributed by atoms with E-state index in [1.807, 2.05) is 6.92 Å².